The number of carbonyl (C=O) groups is 1. The number of rotatable bonds is 4. The van der Waals surface area contributed by atoms with Crippen LogP contribution in [0.3, 0.4) is 0 Å². The van der Waals surface area contributed by atoms with Crippen molar-refractivity contribution in [2.75, 3.05) is 13.6 Å². The van der Waals surface area contributed by atoms with Gasteiger partial charge in [-0.3, -0.25) is 4.79 Å². The molecule has 0 saturated heterocycles. The van der Waals surface area contributed by atoms with Crippen LogP contribution in [0.15, 0.2) is 22.7 Å². The lowest BCUT2D eigenvalue weighted by molar-refractivity contribution is 0.0782. The van der Waals surface area contributed by atoms with Gasteiger partial charge in [0.05, 0.1) is 10.6 Å². The van der Waals surface area contributed by atoms with Gasteiger partial charge >= 0.3 is 0 Å². The van der Waals surface area contributed by atoms with Gasteiger partial charge in [-0.25, -0.2) is 4.39 Å². The first-order valence-electron chi connectivity index (χ1n) is 5.32. The summed E-state index contributed by atoms with van der Waals surface area (Å²) >= 11 is 8.05. The summed E-state index contributed by atoms with van der Waals surface area (Å²) in [6.07, 6.45) is 0. The molecule has 0 radical (unpaired) electrons. The number of benzene rings is 1. The Hall–Kier alpha value is -1.01. The lowest BCUT2D eigenvalue weighted by Gasteiger charge is -2.21. The van der Waals surface area contributed by atoms with E-state index >= 15 is 0 Å². The van der Waals surface area contributed by atoms with E-state index < -0.39 is 11.7 Å². The molecule has 18 heavy (non-hydrogen) atoms. The van der Waals surface area contributed by atoms with Gasteiger partial charge in [0, 0.05) is 24.0 Å². The van der Waals surface area contributed by atoms with E-state index in [0.29, 0.717) is 16.0 Å². The zero-order valence-electron chi connectivity index (χ0n) is 10.1. The number of nitrogens with two attached hydrogens (primary N) is 1. The van der Waals surface area contributed by atoms with Crippen molar-refractivity contribution in [3.05, 3.63) is 34.1 Å². The fourth-order valence-electron chi connectivity index (χ4n) is 1.45. The van der Waals surface area contributed by atoms with Crippen molar-refractivity contribution in [2.24, 2.45) is 11.7 Å². The maximum Gasteiger partial charge on any atom is 0.256 e. The van der Waals surface area contributed by atoms with Crippen molar-refractivity contribution in [3.8, 4) is 0 Å². The molecule has 3 nitrogen and oxygen atoms in total. The Bertz CT molecular complexity index is 481. The van der Waals surface area contributed by atoms with Crippen LogP contribution in [0.2, 0.25) is 0 Å². The molecule has 0 aliphatic carbocycles. The average molecular weight is 333 g/mol. The molecule has 2 N–H and O–H groups in total. The molecule has 1 unspecified atom stereocenters. The maximum absolute atomic E-state index is 13.6. The number of thiocarbonyl (C=S) groups is 1. The third-order valence-corrected chi connectivity index (χ3v) is 3.43. The van der Waals surface area contributed by atoms with Crippen LogP contribution in [0.1, 0.15) is 17.3 Å². The van der Waals surface area contributed by atoms with E-state index in [1.165, 1.54) is 17.0 Å². The van der Waals surface area contributed by atoms with E-state index in [-0.39, 0.29) is 11.5 Å². The summed E-state index contributed by atoms with van der Waals surface area (Å²) in [5.74, 6) is -1.04. The fourth-order valence-corrected chi connectivity index (χ4v) is 1.89. The van der Waals surface area contributed by atoms with Crippen molar-refractivity contribution >= 4 is 39.0 Å². The fraction of sp³-hybridized carbons (Fsp3) is 0.333. The van der Waals surface area contributed by atoms with Gasteiger partial charge in [0.15, 0.2) is 0 Å². The molecule has 0 spiro atoms. The van der Waals surface area contributed by atoms with E-state index in [0.717, 1.165) is 0 Å². The zero-order chi connectivity index (χ0) is 13.9. The van der Waals surface area contributed by atoms with Gasteiger partial charge < -0.3 is 10.6 Å². The molecular weight excluding hydrogens is 319 g/mol. The molecule has 0 saturated carbocycles. The molecule has 0 heterocycles. The second-order valence-corrected chi connectivity index (χ2v) is 5.50. The predicted molar refractivity (Wildman–Crippen MR) is 77.0 cm³/mol. The Morgan fingerprint density at radius 2 is 2.22 bits per heavy atom. The monoisotopic (exact) mass is 332 g/mol. The van der Waals surface area contributed by atoms with Crippen molar-refractivity contribution in [1.29, 1.82) is 0 Å². The molecule has 1 atom stereocenters. The number of nitrogens with zero attached hydrogens (tertiary/aromatic N) is 1. The summed E-state index contributed by atoms with van der Waals surface area (Å²) < 4.78 is 14.2. The van der Waals surface area contributed by atoms with Crippen LogP contribution in [0.4, 0.5) is 4.39 Å². The Labute approximate surface area is 119 Å². The number of amides is 1. The molecule has 0 bridgehead atoms. The number of hydrogen-bond acceptors (Lipinski definition) is 2. The van der Waals surface area contributed by atoms with Crippen molar-refractivity contribution < 1.29 is 9.18 Å². The predicted octanol–water partition coefficient (Wildman–Crippen LogP) is 2.58. The second-order valence-electron chi connectivity index (χ2n) is 4.11. The van der Waals surface area contributed by atoms with Crippen LogP contribution in [0, 0.1) is 11.7 Å². The van der Waals surface area contributed by atoms with Crippen LogP contribution < -0.4 is 5.73 Å². The number of halogens is 2. The van der Waals surface area contributed by atoms with Crippen LogP contribution in [-0.2, 0) is 0 Å². The number of hydrogen-bond donors (Lipinski definition) is 1. The molecule has 0 aliphatic heterocycles. The Morgan fingerprint density at radius 1 is 1.61 bits per heavy atom. The molecule has 1 aromatic carbocycles. The first kappa shape index (κ1) is 15.0. The summed E-state index contributed by atoms with van der Waals surface area (Å²) in [7, 11) is 1.59. The Morgan fingerprint density at radius 3 is 2.78 bits per heavy atom. The van der Waals surface area contributed by atoms with E-state index in [2.05, 4.69) is 15.9 Å². The highest BCUT2D eigenvalue weighted by Gasteiger charge is 2.19. The van der Waals surface area contributed by atoms with Crippen molar-refractivity contribution in [3.63, 3.8) is 0 Å². The molecule has 0 aromatic heterocycles. The van der Waals surface area contributed by atoms with Gasteiger partial charge in [-0.1, -0.05) is 35.1 Å². The molecule has 6 heteroatoms. The molecule has 98 valence electrons. The van der Waals surface area contributed by atoms with E-state index in [1.807, 2.05) is 6.92 Å². The SMILES string of the molecule is CC(CN(C)C(=O)c1cc(Br)ccc1F)C(N)=S. The van der Waals surface area contributed by atoms with E-state index in [1.54, 1.807) is 13.1 Å². The summed E-state index contributed by atoms with van der Waals surface area (Å²) in [6, 6.07) is 4.26. The summed E-state index contributed by atoms with van der Waals surface area (Å²) in [4.78, 5) is 13.8. The second kappa shape index (κ2) is 6.24. The van der Waals surface area contributed by atoms with Crippen molar-refractivity contribution in [2.45, 2.75) is 6.92 Å². The summed E-state index contributed by atoms with van der Waals surface area (Å²) in [6.45, 7) is 2.18. The number of carbonyl (C=O) groups excluding carboxylic acids is 1. The quantitative estimate of drug-likeness (QED) is 0.862. The topological polar surface area (TPSA) is 46.3 Å². The highest BCUT2D eigenvalue weighted by Crippen LogP contribution is 2.17. The van der Waals surface area contributed by atoms with Crippen LogP contribution >= 0.6 is 28.1 Å². The Kier molecular flexibility index (Phi) is 5.22. The summed E-state index contributed by atoms with van der Waals surface area (Å²) in [5.41, 5.74) is 5.52. The van der Waals surface area contributed by atoms with Gasteiger partial charge in [-0.15, -0.1) is 0 Å². The van der Waals surface area contributed by atoms with Gasteiger partial charge in [-0.05, 0) is 18.2 Å². The standard InChI is InChI=1S/C12H14BrFN2OS/c1-7(11(15)18)6-16(2)12(17)9-5-8(13)3-4-10(9)14/h3-5,7H,6H2,1-2H3,(H2,15,18). The highest BCUT2D eigenvalue weighted by molar-refractivity contribution is 9.10. The Balaban J connectivity index is 2.86. The van der Waals surface area contributed by atoms with Gasteiger partial charge in [0.2, 0.25) is 0 Å². The maximum atomic E-state index is 13.6. The molecule has 0 aliphatic rings. The molecule has 1 rings (SSSR count). The molecule has 1 aromatic rings. The highest BCUT2D eigenvalue weighted by atomic mass is 79.9. The molecule has 1 amide bonds. The lowest BCUT2D eigenvalue weighted by atomic mass is 10.1. The first-order chi connectivity index (χ1) is 8.32. The van der Waals surface area contributed by atoms with Gasteiger partial charge in [0.25, 0.3) is 5.91 Å². The van der Waals surface area contributed by atoms with Gasteiger partial charge in [0.1, 0.15) is 5.82 Å². The average Bonchev–Trinajstić information content (AvgIpc) is 2.31. The van der Waals surface area contributed by atoms with E-state index in [9.17, 15) is 9.18 Å². The van der Waals surface area contributed by atoms with E-state index in [4.69, 9.17) is 18.0 Å². The van der Waals surface area contributed by atoms with Crippen LogP contribution in [0.5, 0.6) is 0 Å². The third-order valence-electron chi connectivity index (χ3n) is 2.54. The third kappa shape index (κ3) is 3.74. The largest absolute Gasteiger partial charge is 0.393 e. The van der Waals surface area contributed by atoms with Crippen LogP contribution in [0.25, 0.3) is 0 Å². The minimum absolute atomic E-state index is 0.0296. The minimum atomic E-state index is -0.543. The molecular formula is C12H14BrFN2OS. The molecule has 0 fully saturated rings. The van der Waals surface area contributed by atoms with Gasteiger partial charge in [-0.2, -0.15) is 0 Å². The smallest absolute Gasteiger partial charge is 0.256 e. The lowest BCUT2D eigenvalue weighted by Crippen LogP contribution is -2.35. The minimum Gasteiger partial charge on any atom is -0.393 e. The first-order valence-corrected chi connectivity index (χ1v) is 6.53. The van der Waals surface area contributed by atoms with Crippen molar-refractivity contribution in [1.82, 2.24) is 4.90 Å². The normalized spacial score (nSPS) is 12.0. The van der Waals surface area contributed by atoms with Crippen LogP contribution in [-0.4, -0.2) is 29.4 Å². The zero-order valence-corrected chi connectivity index (χ0v) is 12.5. The summed E-state index contributed by atoms with van der Waals surface area (Å²) in [5, 5.41) is 0.